The Labute approximate surface area is 94.1 Å². The van der Waals surface area contributed by atoms with E-state index >= 15 is 0 Å². The van der Waals surface area contributed by atoms with Crippen LogP contribution < -0.4 is 4.74 Å². The fourth-order valence-corrected chi connectivity index (χ4v) is 1.22. The highest BCUT2D eigenvalue weighted by molar-refractivity contribution is 5.90. The summed E-state index contributed by atoms with van der Waals surface area (Å²) in [6.07, 6.45) is -1.33. The molecule has 4 nitrogen and oxygen atoms in total. The van der Waals surface area contributed by atoms with Crippen LogP contribution in [0, 0.1) is 0 Å². The molecule has 1 atom stereocenters. The van der Waals surface area contributed by atoms with Crippen molar-refractivity contribution >= 4 is 11.5 Å². The van der Waals surface area contributed by atoms with Gasteiger partial charge >= 0.3 is 5.97 Å². The highest BCUT2D eigenvalue weighted by Gasteiger charge is 2.19. The van der Waals surface area contributed by atoms with Crippen LogP contribution in [-0.4, -0.2) is 31.4 Å². The number of aliphatic hydroxyl groups excluding tert-OH is 1. The van der Waals surface area contributed by atoms with Gasteiger partial charge in [0, 0.05) is 0 Å². The van der Waals surface area contributed by atoms with Crippen LogP contribution in [0.2, 0.25) is 0 Å². The molecule has 0 bridgehead atoms. The summed E-state index contributed by atoms with van der Waals surface area (Å²) in [4.78, 5) is 11.1. The van der Waals surface area contributed by atoms with Crippen LogP contribution in [0.3, 0.4) is 0 Å². The summed E-state index contributed by atoms with van der Waals surface area (Å²) in [7, 11) is 2.78. The minimum absolute atomic E-state index is 0.300. The predicted molar refractivity (Wildman–Crippen MR) is 60.1 cm³/mol. The molecule has 1 aromatic carbocycles. The Bertz CT molecular complexity index is 381. The molecule has 0 saturated carbocycles. The zero-order valence-corrected chi connectivity index (χ0v) is 9.27. The third-order valence-corrected chi connectivity index (χ3v) is 2.22. The minimum atomic E-state index is -1.33. The van der Waals surface area contributed by atoms with Crippen LogP contribution in [0.15, 0.2) is 30.8 Å². The Morgan fingerprint density at radius 1 is 1.31 bits per heavy atom. The van der Waals surface area contributed by atoms with Gasteiger partial charge in [-0.3, -0.25) is 0 Å². The molecule has 0 aliphatic carbocycles. The highest BCUT2D eigenvalue weighted by Crippen LogP contribution is 2.20. The fraction of sp³-hybridized carbons (Fsp3) is 0.250. The monoisotopic (exact) mass is 222 g/mol. The Morgan fingerprint density at radius 2 is 1.88 bits per heavy atom. The highest BCUT2D eigenvalue weighted by atomic mass is 16.5. The lowest BCUT2D eigenvalue weighted by molar-refractivity contribution is -0.147. The van der Waals surface area contributed by atoms with E-state index in [0.717, 1.165) is 0 Å². The molecule has 4 heteroatoms. The van der Waals surface area contributed by atoms with Crippen molar-refractivity contribution in [2.75, 3.05) is 14.2 Å². The van der Waals surface area contributed by atoms with Crippen molar-refractivity contribution in [2.24, 2.45) is 0 Å². The molecule has 0 aliphatic rings. The van der Waals surface area contributed by atoms with E-state index in [1.165, 1.54) is 7.11 Å². The molecule has 0 spiro atoms. The summed E-state index contributed by atoms with van der Waals surface area (Å²) in [6.45, 7) is 3.66. The van der Waals surface area contributed by atoms with Gasteiger partial charge in [-0.1, -0.05) is 18.7 Å². The summed E-state index contributed by atoms with van der Waals surface area (Å²) in [5, 5.41) is 9.56. The summed E-state index contributed by atoms with van der Waals surface area (Å²) in [5.74, 6) is -0.0232. The van der Waals surface area contributed by atoms with Crippen molar-refractivity contribution < 1.29 is 19.4 Å². The number of carbonyl (C=O) groups is 1. The van der Waals surface area contributed by atoms with Crippen LogP contribution in [-0.2, 0) is 9.53 Å². The summed E-state index contributed by atoms with van der Waals surface area (Å²) >= 11 is 0. The topological polar surface area (TPSA) is 55.8 Å². The molecule has 1 rings (SSSR count). The van der Waals surface area contributed by atoms with E-state index in [9.17, 15) is 9.90 Å². The van der Waals surface area contributed by atoms with Crippen LogP contribution in [0.1, 0.15) is 5.56 Å². The predicted octanol–water partition coefficient (Wildman–Crippen LogP) is 1.24. The fourth-order valence-electron chi connectivity index (χ4n) is 1.22. The SMILES string of the molecule is C=C(c1ccc(OC)cc1)C(O)C(=O)OC. The first-order valence-corrected chi connectivity index (χ1v) is 4.69. The second-order valence-corrected chi connectivity index (χ2v) is 3.18. The van der Waals surface area contributed by atoms with E-state index in [1.807, 2.05) is 0 Å². The van der Waals surface area contributed by atoms with Gasteiger partial charge in [0.25, 0.3) is 0 Å². The van der Waals surface area contributed by atoms with Gasteiger partial charge in [0.05, 0.1) is 14.2 Å². The number of hydrogen-bond acceptors (Lipinski definition) is 4. The number of hydrogen-bond donors (Lipinski definition) is 1. The van der Waals surface area contributed by atoms with Gasteiger partial charge in [-0.05, 0) is 23.3 Å². The van der Waals surface area contributed by atoms with Crippen molar-refractivity contribution in [3.8, 4) is 5.75 Å². The van der Waals surface area contributed by atoms with Gasteiger partial charge in [-0.15, -0.1) is 0 Å². The van der Waals surface area contributed by atoms with E-state index in [2.05, 4.69) is 11.3 Å². The lowest BCUT2D eigenvalue weighted by Crippen LogP contribution is -2.22. The van der Waals surface area contributed by atoms with Crippen LogP contribution in [0.4, 0.5) is 0 Å². The molecule has 0 radical (unpaired) electrons. The average Bonchev–Trinajstić information content (AvgIpc) is 2.36. The van der Waals surface area contributed by atoms with Crippen molar-refractivity contribution in [3.63, 3.8) is 0 Å². The van der Waals surface area contributed by atoms with Gasteiger partial charge in [0.15, 0.2) is 6.10 Å². The largest absolute Gasteiger partial charge is 0.497 e. The maximum absolute atomic E-state index is 11.1. The molecule has 0 heterocycles. The van der Waals surface area contributed by atoms with Crippen molar-refractivity contribution in [1.29, 1.82) is 0 Å². The number of methoxy groups -OCH3 is 2. The Morgan fingerprint density at radius 3 is 2.31 bits per heavy atom. The zero-order valence-electron chi connectivity index (χ0n) is 9.27. The van der Waals surface area contributed by atoms with Crippen LogP contribution in [0.25, 0.3) is 5.57 Å². The van der Waals surface area contributed by atoms with Crippen molar-refractivity contribution in [2.45, 2.75) is 6.10 Å². The molecule has 0 aromatic heterocycles. The summed E-state index contributed by atoms with van der Waals surface area (Å²) < 4.78 is 9.42. The average molecular weight is 222 g/mol. The van der Waals surface area contributed by atoms with Crippen LogP contribution >= 0.6 is 0 Å². The molecule has 0 aliphatic heterocycles. The molecule has 0 fully saturated rings. The standard InChI is InChI=1S/C12H14O4/c1-8(11(13)12(14)16-3)9-4-6-10(15-2)7-5-9/h4-7,11,13H,1H2,2-3H3. The van der Waals surface area contributed by atoms with Crippen molar-refractivity contribution in [3.05, 3.63) is 36.4 Å². The Kier molecular flexibility index (Phi) is 4.08. The summed E-state index contributed by atoms with van der Waals surface area (Å²) in [6, 6.07) is 6.88. The Hall–Kier alpha value is -1.81. The first-order chi connectivity index (χ1) is 7.60. The second kappa shape index (κ2) is 5.32. The molecule has 1 N–H and O–H groups in total. The van der Waals surface area contributed by atoms with Gasteiger partial charge in [0.2, 0.25) is 0 Å². The lowest BCUT2D eigenvalue weighted by atomic mass is 10.0. The zero-order chi connectivity index (χ0) is 12.1. The smallest absolute Gasteiger partial charge is 0.339 e. The normalized spacial score (nSPS) is 11.7. The lowest BCUT2D eigenvalue weighted by Gasteiger charge is -2.12. The molecule has 1 aromatic rings. The van der Waals surface area contributed by atoms with Gasteiger partial charge in [0.1, 0.15) is 5.75 Å². The second-order valence-electron chi connectivity index (χ2n) is 3.18. The first-order valence-electron chi connectivity index (χ1n) is 4.69. The van der Waals surface area contributed by atoms with E-state index in [1.54, 1.807) is 31.4 Å². The van der Waals surface area contributed by atoms with E-state index < -0.39 is 12.1 Å². The minimum Gasteiger partial charge on any atom is -0.497 e. The maximum Gasteiger partial charge on any atom is 0.339 e. The van der Waals surface area contributed by atoms with Crippen LogP contribution in [0.5, 0.6) is 5.75 Å². The third-order valence-electron chi connectivity index (χ3n) is 2.22. The molecule has 16 heavy (non-hydrogen) atoms. The number of benzene rings is 1. The quantitative estimate of drug-likeness (QED) is 0.779. The van der Waals surface area contributed by atoms with E-state index in [4.69, 9.17) is 4.74 Å². The molecule has 0 saturated heterocycles. The maximum atomic E-state index is 11.1. The number of ether oxygens (including phenoxy) is 2. The van der Waals surface area contributed by atoms with Gasteiger partial charge in [-0.25, -0.2) is 4.79 Å². The molecular weight excluding hydrogens is 208 g/mol. The number of rotatable bonds is 4. The number of aliphatic hydroxyl groups is 1. The molecule has 1 unspecified atom stereocenters. The molecule has 0 amide bonds. The van der Waals surface area contributed by atoms with Gasteiger partial charge < -0.3 is 14.6 Å². The third kappa shape index (κ3) is 2.61. The van der Waals surface area contributed by atoms with Gasteiger partial charge in [-0.2, -0.15) is 0 Å². The molecule has 86 valence electrons. The first kappa shape index (κ1) is 12.3. The summed E-state index contributed by atoms with van der Waals surface area (Å²) in [5.41, 5.74) is 0.966. The number of carbonyl (C=O) groups excluding carboxylic acids is 1. The van der Waals surface area contributed by atoms with Crippen molar-refractivity contribution in [1.82, 2.24) is 0 Å². The van der Waals surface area contributed by atoms with E-state index in [0.29, 0.717) is 16.9 Å². The van der Waals surface area contributed by atoms with E-state index in [-0.39, 0.29) is 0 Å². The molecular formula is C12H14O4. The Balaban J connectivity index is 2.84. The number of esters is 1.